The largest absolute Gasteiger partial charge is 0.495 e. The highest BCUT2D eigenvalue weighted by molar-refractivity contribution is 9.10. The maximum absolute atomic E-state index is 12.9. The summed E-state index contributed by atoms with van der Waals surface area (Å²) in [5.41, 5.74) is 0.909. The standard InChI is InChI=1S/C18H15Br2N3O4S/c1-26-14-8-7-13(19)9-15(14)28(24,25)23-17-18(22-16(20)10-21-17)27-11-12-5-3-2-4-6-12/h2-10H,11H2,1H3,(H,21,23). The molecule has 3 rings (SSSR count). The molecule has 0 amide bonds. The van der Waals surface area contributed by atoms with Crippen LogP contribution in [-0.2, 0) is 16.6 Å². The molecule has 0 spiro atoms. The van der Waals surface area contributed by atoms with Crippen molar-refractivity contribution in [1.82, 2.24) is 9.97 Å². The Morgan fingerprint density at radius 2 is 1.86 bits per heavy atom. The highest BCUT2D eigenvalue weighted by Gasteiger charge is 2.23. The third-order valence-corrected chi connectivity index (χ3v) is 5.81. The zero-order valence-electron chi connectivity index (χ0n) is 14.6. The number of rotatable bonds is 7. The SMILES string of the molecule is COc1ccc(Br)cc1S(=O)(=O)Nc1ncc(Br)nc1OCc1ccccc1. The lowest BCUT2D eigenvalue weighted by atomic mass is 10.2. The summed E-state index contributed by atoms with van der Waals surface area (Å²) in [5, 5.41) is 0. The Kier molecular flexibility index (Phi) is 6.53. The predicted octanol–water partition coefficient (Wildman–Crippen LogP) is 4.39. The molecule has 1 heterocycles. The predicted molar refractivity (Wildman–Crippen MR) is 112 cm³/mol. The van der Waals surface area contributed by atoms with Crippen LogP contribution in [0.25, 0.3) is 0 Å². The number of nitrogens with one attached hydrogen (secondary N) is 1. The molecule has 0 radical (unpaired) electrons. The minimum atomic E-state index is -4.00. The van der Waals surface area contributed by atoms with Crippen LogP contribution in [0.15, 0.2) is 68.7 Å². The maximum Gasteiger partial charge on any atom is 0.266 e. The molecule has 2 aromatic carbocycles. The van der Waals surface area contributed by atoms with Crippen LogP contribution in [0.4, 0.5) is 5.82 Å². The number of nitrogens with zero attached hydrogens (tertiary/aromatic N) is 2. The lowest BCUT2D eigenvalue weighted by molar-refractivity contribution is 0.294. The smallest absolute Gasteiger partial charge is 0.266 e. The first-order valence-corrected chi connectivity index (χ1v) is 11.0. The summed E-state index contributed by atoms with van der Waals surface area (Å²) in [6, 6.07) is 14.1. The van der Waals surface area contributed by atoms with E-state index < -0.39 is 10.0 Å². The Labute approximate surface area is 179 Å². The normalized spacial score (nSPS) is 11.1. The van der Waals surface area contributed by atoms with Crippen LogP contribution in [0.1, 0.15) is 5.56 Å². The zero-order chi connectivity index (χ0) is 20.1. The zero-order valence-corrected chi connectivity index (χ0v) is 18.6. The van der Waals surface area contributed by atoms with E-state index in [1.807, 2.05) is 30.3 Å². The lowest BCUT2D eigenvalue weighted by Crippen LogP contribution is -2.16. The topological polar surface area (TPSA) is 90.4 Å². The van der Waals surface area contributed by atoms with E-state index in [0.29, 0.717) is 9.08 Å². The Morgan fingerprint density at radius 1 is 1.11 bits per heavy atom. The van der Waals surface area contributed by atoms with Gasteiger partial charge in [0.1, 0.15) is 21.9 Å². The van der Waals surface area contributed by atoms with Gasteiger partial charge in [-0.3, -0.25) is 4.72 Å². The van der Waals surface area contributed by atoms with Crippen molar-refractivity contribution in [3.8, 4) is 11.6 Å². The first-order valence-electron chi connectivity index (χ1n) is 7.94. The second-order valence-electron chi connectivity index (χ2n) is 5.52. The van der Waals surface area contributed by atoms with Gasteiger partial charge in [-0.1, -0.05) is 46.3 Å². The lowest BCUT2D eigenvalue weighted by Gasteiger charge is -2.14. The number of sulfonamides is 1. The van der Waals surface area contributed by atoms with E-state index >= 15 is 0 Å². The van der Waals surface area contributed by atoms with Crippen molar-refractivity contribution in [2.24, 2.45) is 0 Å². The summed E-state index contributed by atoms with van der Waals surface area (Å²) in [4.78, 5) is 8.25. The van der Waals surface area contributed by atoms with Gasteiger partial charge in [-0.2, -0.15) is 0 Å². The van der Waals surface area contributed by atoms with Crippen molar-refractivity contribution in [2.75, 3.05) is 11.8 Å². The van der Waals surface area contributed by atoms with E-state index in [1.165, 1.54) is 19.4 Å². The van der Waals surface area contributed by atoms with Crippen LogP contribution in [0.2, 0.25) is 0 Å². The third-order valence-electron chi connectivity index (χ3n) is 3.58. The van der Waals surface area contributed by atoms with Crippen molar-refractivity contribution in [1.29, 1.82) is 0 Å². The summed E-state index contributed by atoms with van der Waals surface area (Å²) in [6.07, 6.45) is 1.38. The van der Waals surface area contributed by atoms with Gasteiger partial charge in [-0.15, -0.1) is 0 Å². The minimum absolute atomic E-state index is 0.0267. The number of hydrogen-bond donors (Lipinski definition) is 1. The Balaban J connectivity index is 1.90. The molecular formula is C18H15Br2N3O4S. The number of aromatic nitrogens is 2. The fourth-order valence-electron chi connectivity index (χ4n) is 2.29. The molecule has 0 saturated heterocycles. The molecule has 28 heavy (non-hydrogen) atoms. The fraction of sp³-hybridized carbons (Fsp3) is 0.111. The highest BCUT2D eigenvalue weighted by Crippen LogP contribution is 2.31. The first-order chi connectivity index (χ1) is 13.4. The van der Waals surface area contributed by atoms with Crippen molar-refractivity contribution >= 4 is 47.7 Å². The second-order valence-corrected chi connectivity index (χ2v) is 8.90. The molecule has 1 aromatic heterocycles. The molecule has 0 aliphatic rings. The van der Waals surface area contributed by atoms with Gasteiger partial charge in [-0.25, -0.2) is 18.4 Å². The Hall–Kier alpha value is -2.17. The van der Waals surface area contributed by atoms with E-state index in [9.17, 15) is 8.42 Å². The summed E-state index contributed by atoms with van der Waals surface area (Å²) in [5.74, 6) is 0.226. The summed E-state index contributed by atoms with van der Waals surface area (Å²) in [6.45, 7) is 0.209. The van der Waals surface area contributed by atoms with Crippen LogP contribution < -0.4 is 14.2 Å². The van der Waals surface area contributed by atoms with Crippen molar-refractivity contribution < 1.29 is 17.9 Å². The monoisotopic (exact) mass is 527 g/mol. The number of ether oxygens (including phenoxy) is 2. The summed E-state index contributed by atoms with van der Waals surface area (Å²) >= 11 is 6.49. The van der Waals surface area contributed by atoms with E-state index in [-0.39, 0.29) is 28.9 Å². The molecule has 146 valence electrons. The quantitative estimate of drug-likeness (QED) is 0.489. The van der Waals surface area contributed by atoms with Gasteiger partial charge in [0.25, 0.3) is 15.9 Å². The molecule has 7 nitrogen and oxygen atoms in total. The number of halogens is 2. The molecule has 0 aliphatic heterocycles. The van der Waals surface area contributed by atoms with E-state index in [0.717, 1.165) is 5.56 Å². The van der Waals surface area contributed by atoms with Crippen LogP contribution in [0.5, 0.6) is 11.6 Å². The fourth-order valence-corrected chi connectivity index (χ4v) is 4.27. The minimum Gasteiger partial charge on any atom is -0.495 e. The van der Waals surface area contributed by atoms with Gasteiger partial charge in [0.05, 0.1) is 13.3 Å². The van der Waals surface area contributed by atoms with Gasteiger partial charge in [-0.05, 0) is 39.7 Å². The molecule has 0 unspecified atom stereocenters. The Bertz CT molecular complexity index is 1080. The average molecular weight is 529 g/mol. The molecular weight excluding hydrogens is 514 g/mol. The third kappa shape index (κ3) is 5.00. The van der Waals surface area contributed by atoms with E-state index in [4.69, 9.17) is 9.47 Å². The van der Waals surface area contributed by atoms with Gasteiger partial charge in [0.15, 0.2) is 0 Å². The molecule has 1 N–H and O–H groups in total. The van der Waals surface area contributed by atoms with Gasteiger partial charge in [0, 0.05) is 4.47 Å². The van der Waals surface area contributed by atoms with Gasteiger partial charge < -0.3 is 9.47 Å². The first kappa shape index (κ1) is 20.6. The van der Waals surface area contributed by atoms with Crippen molar-refractivity contribution in [2.45, 2.75) is 11.5 Å². The Morgan fingerprint density at radius 3 is 2.57 bits per heavy atom. The van der Waals surface area contributed by atoms with Crippen molar-refractivity contribution in [3.05, 3.63) is 69.4 Å². The molecule has 0 bridgehead atoms. The molecule has 0 saturated carbocycles. The molecule has 0 aliphatic carbocycles. The highest BCUT2D eigenvalue weighted by atomic mass is 79.9. The van der Waals surface area contributed by atoms with E-state index in [2.05, 4.69) is 46.5 Å². The maximum atomic E-state index is 12.9. The van der Waals surface area contributed by atoms with E-state index in [1.54, 1.807) is 12.1 Å². The number of benzene rings is 2. The van der Waals surface area contributed by atoms with Crippen LogP contribution in [0.3, 0.4) is 0 Å². The van der Waals surface area contributed by atoms with Crippen LogP contribution in [-0.4, -0.2) is 25.5 Å². The van der Waals surface area contributed by atoms with Crippen LogP contribution >= 0.6 is 31.9 Å². The number of hydrogen-bond acceptors (Lipinski definition) is 6. The molecule has 0 atom stereocenters. The van der Waals surface area contributed by atoms with Crippen LogP contribution in [0, 0.1) is 0 Å². The summed E-state index contributed by atoms with van der Waals surface area (Å²) in [7, 11) is -2.60. The molecule has 0 fully saturated rings. The molecule has 10 heteroatoms. The van der Waals surface area contributed by atoms with Crippen molar-refractivity contribution in [3.63, 3.8) is 0 Å². The average Bonchev–Trinajstić information content (AvgIpc) is 2.69. The van der Waals surface area contributed by atoms with Gasteiger partial charge >= 0.3 is 0 Å². The second kappa shape index (κ2) is 8.89. The van der Waals surface area contributed by atoms with Gasteiger partial charge in [0.2, 0.25) is 5.82 Å². The summed E-state index contributed by atoms with van der Waals surface area (Å²) < 4.78 is 40.1. The number of anilines is 1. The number of methoxy groups -OCH3 is 1. The molecule has 3 aromatic rings.